The van der Waals surface area contributed by atoms with Crippen LogP contribution >= 0.6 is 27.3 Å². The van der Waals surface area contributed by atoms with Gasteiger partial charge in [0, 0.05) is 17.5 Å². The SMILES string of the molecule is COc1cc2nc(/C(C#N)=C/c3cc(C)n(-c4sc(Br)cc4C#N)c3C)[nH]c2cn1. The van der Waals surface area contributed by atoms with Crippen LogP contribution in [0.1, 0.15) is 28.3 Å². The van der Waals surface area contributed by atoms with Crippen LogP contribution in [0.4, 0.5) is 0 Å². The number of nitrogens with one attached hydrogen (secondary N) is 1. The van der Waals surface area contributed by atoms with Gasteiger partial charge >= 0.3 is 0 Å². The van der Waals surface area contributed by atoms with E-state index in [2.05, 4.69) is 43.0 Å². The van der Waals surface area contributed by atoms with Gasteiger partial charge in [0.15, 0.2) is 0 Å². The van der Waals surface area contributed by atoms with E-state index in [-0.39, 0.29) is 0 Å². The van der Waals surface area contributed by atoms with Gasteiger partial charge in [-0.2, -0.15) is 10.5 Å². The summed E-state index contributed by atoms with van der Waals surface area (Å²) in [5.41, 5.74) is 5.19. The van der Waals surface area contributed by atoms with Crippen LogP contribution in [0.3, 0.4) is 0 Å². The molecule has 148 valence electrons. The normalized spacial score (nSPS) is 11.5. The van der Waals surface area contributed by atoms with Gasteiger partial charge in [0.25, 0.3) is 0 Å². The Balaban J connectivity index is 1.81. The van der Waals surface area contributed by atoms with Crippen LogP contribution in [0.5, 0.6) is 5.88 Å². The summed E-state index contributed by atoms with van der Waals surface area (Å²) < 4.78 is 8.06. The van der Waals surface area contributed by atoms with Crippen LogP contribution in [0.25, 0.3) is 27.7 Å². The number of aromatic amines is 1. The first-order chi connectivity index (χ1) is 14.4. The fourth-order valence-corrected chi connectivity index (χ4v) is 4.92. The van der Waals surface area contributed by atoms with Gasteiger partial charge < -0.3 is 14.3 Å². The molecule has 7 nitrogen and oxygen atoms in total. The molecule has 0 radical (unpaired) electrons. The fraction of sp³-hybridized carbons (Fsp3) is 0.143. The molecule has 0 aliphatic heterocycles. The van der Waals surface area contributed by atoms with Crippen LogP contribution in [-0.4, -0.2) is 26.6 Å². The second-order valence-electron chi connectivity index (χ2n) is 6.54. The monoisotopic (exact) mass is 478 g/mol. The van der Waals surface area contributed by atoms with Gasteiger partial charge in [-0.1, -0.05) is 0 Å². The lowest BCUT2D eigenvalue weighted by Gasteiger charge is -2.07. The first-order valence-corrected chi connectivity index (χ1v) is 10.5. The highest BCUT2D eigenvalue weighted by molar-refractivity contribution is 9.11. The Hall–Kier alpha value is -3.40. The number of H-pyrrole nitrogens is 1. The van der Waals surface area contributed by atoms with Crippen molar-refractivity contribution in [1.29, 1.82) is 10.5 Å². The highest BCUT2D eigenvalue weighted by Crippen LogP contribution is 2.34. The second-order valence-corrected chi connectivity index (χ2v) is 8.95. The summed E-state index contributed by atoms with van der Waals surface area (Å²) in [5, 5.41) is 20.1. The molecule has 0 spiro atoms. The first kappa shape index (κ1) is 19.9. The third-order valence-corrected chi connectivity index (χ3v) is 6.33. The van der Waals surface area contributed by atoms with E-state index in [4.69, 9.17) is 4.74 Å². The molecule has 0 saturated carbocycles. The molecule has 0 unspecified atom stereocenters. The first-order valence-electron chi connectivity index (χ1n) is 8.85. The van der Waals surface area contributed by atoms with E-state index in [1.807, 2.05) is 30.5 Å². The predicted molar refractivity (Wildman–Crippen MR) is 119 cm³/mol. The highest BCUT2D eigenvalue weighted by Gasteiger charge is 2.17. The third-order valence-electron chi connectivity index (χ3n) is 4.70. The van der Waals surface area contributed by atoms with Crippen molar-refractivity contribution in [3.63, 3.8) is 0 Å². The van der Waals surface area contributed by atoms with Crippen LogP contribution in [0, 0.1) is 36.5 Å². The molecule has 0 saturated heterocycles. The molecule has 4 heterocycles. The third kappa shape index (κ3) is 3.39. The molecule has 4 rings (SSSR count). The predicted octanol–water partition coefficient (Wildman–Crippen LogP) is 5.13. The van der Waals surface area contributed by atoms with Crippen LogP contribution < -0.4 is 4.74 Å². The van der Waals surface area contributed by atoms with Crippen molar-refractivity contribution in [2.75, 3.05) is 7.11 Å². The Morgan fingerprint density at radius 3 is 2.80 bits per heavy atom. The minimum atomic E-state index is 0.401. The smallest absolute Gasteiger partial charge is 0.215 e. The summed E-state index contributed by atoms with van der Waals surface area (Å²) in [6.07, 6.45) is 3.43. The average Bonchev–Trinajstić information content (AvgIpc) is 3.40. The Labute approximate surface area is 185 Å². The summed E-state index contributed by atoms with van der Waals surface area (Å²) in [6, 6.07) is 9.99. The van der Waals surface area contributed by atoms with E-state index in [0.29, 0.717) is 28.4 Å². The quantitative estimate of drug-likeness (QED) is 0.409. The lowest BCUT2D eigenvalue weighted by Crippen LogP contribution is -1.98. The van der Waals surface area contributed by atoms with Gasteiger partial charge in [0.1, 0.15) is 23.0 Å². The molecule has 0 bridgehead atoms. The number of aryl methyl sites for hydroxylation is 1. The van der Waals surface area contributed by atoms with Gasteiger partial charge in [-0.05, 0) is 53.5 Å². The molecule has 30 heavy (non-hydrogen) atoms. The molecule has 0 amide bonds. The molecule has 0 aromatic carbocycles. The van der Waals surface area contributed by atoms with Gasteiger partial charge in [-0.15, -0.1) is 11.3 Å². The van der Waals surface area contributed by atoms with E-state index < -0.39 is 0 Å². The summed E-state index contributed by atoms with van der Waals surface area (Å²) in [5.74, 6) is 0.922. The largest absolute Gasteiger partial charge is 0.481 e. The second kappa shape index (κ2) is 7.79. The Kier molecular flexibility index (Phi) is 5.17. The Morgan fingerprint density at radius 1 is 1.30 bits per heavy atom. The average molecular weight is 479 g/mol. The number of methoxy groups -OCH3 is 1. The maximum absolute atomic E-state index is 9.76. The minimum absolute atomic E-state index is 0.401. The fourth-order valence-electron chi connectivity index (χ4n) is 3.28. The van der Waals surface area contributed by atoms with Crippen LogP contribution in [0.15, 0.2) is 28.2 Å². The molecular formula is C21H15BrN6OS. The van der Waals surface area contributed by atoms with Gasteiger partial charge in [0.05, 0.1) is 39.3 Å². The number of aromatic nitrogens is 4. The summed E-state index contributed by atoms with van der Waals surface area (Å²) in [4.78, 5) is 11.8. The summed E-state index contributed by atoms with van der Waals surface area (Å²) >= 11 is 4.95. The number of imidazole rings is 1. The Morgan fingerprint density at radius 2 is 2.10 bits per heavy atom. The molecule has 0 fully saturated rings. The van der Waals surface area contributed by atoms with E-state index >= 15 is 0 Å². The number of thiophene rings is 1. The molecule has 9 heteroatoms. The van der Waals surface area contributed by atoms with Crippen molar-refractivity contribution < 1.29 is 4.74 Å². The maximum Gasteiger partial charge on any atom is 0.215 e. The van der Waals surface area contributed by atoms with Gasteiger partial charge in [0.2, 0.25) is 5.88 Å². The number of rotatable bonds is 4. The van der Waals surface area contributed by atoms with Crippen molar-refractivity contribution in [1.82, 2.24) is 19.5 Å². The highest BCUT2D eigenvalue weighted by atomic mass is 79.9. The standard InChI is InChI=1S/C21H15BrN6OS/c1-11-4-13(12(2)28(11)21-15(9-24)6-18(22)30-21)5-14(8-23)20-26-16-7-19(29-3)25-10-17(16)27-20/h4-7,10H,1-3H3,(H,26,27)/b14-5+. The van der Waals surface area contributed by atoms with Crippen LogP contribution in [-0.2, 0) is 0 Å². The number of allylic oxidation sites excluding steroid dienone is 1. The summed E-state index contributed by atoms with van der Waals surface area (Å²) in [6.45, 7) is 3.94. The van der Waals surface area contributed by atoms with Gasteiger partial charge in [-0.3, -0.25) is 0 Å². The van der Waals surface area contributed by atoms with Crippen LogP contribution in [0.2, 0.25) is 0 Å². The van der Waals surface area contributed by atoms with E-state index in [9.17, 15) is 10.5 Å². The molecule has 4 aromatic heterocycles. The van der Waals surface area contributed by atoms with Crippen molar-refractivity contribution in [2.24, 2.45) is 0 Å². The number of halogens is 1. The van der Waals surface area contributed by atoms with Crippen molar-refractivity contribution >= 4 is 49.9 Å². The minimum Gasteiger partial charge on any atom is -0.481 e. The molecule has 0 atom stereocenters. The Bertz CT molecular complexity index is 1400. The van der Waals surface area contributed by atoms with Gasteiger partial charge in [-0.25, -0.2) is 9.97 Å². The lowest BCUT2D eigenvalue weighted by atomic mass is 10.1. The lowest BCUT2D eigenvalue weighted by molar-refractivity contribution is 0.398. The number of nitriles is 2. The molecule has 1 N–H and O–H groups in total. The van der Waals surface area contributed by atoms with Crippen molar-refractivity contribution in [3.05, 3.63) is 56.5 Å². The zero-order valence-corrected chi connectivity index (χ0v) is 18.7. The summed E-state index contributed by atoms with van der Waals surface area (Å²) in [7, 11) is 1.54. The van der Waals surface area contributed by atoms with E-state index in [1.165, 1.54) is 11.3 Å². The van der Waals surface area contributed by atoms with Crippen molar-refractivity contribution in [2.45, 2.75) is 13.8 Å². The van der Waals surface area contributed by atoms with E-state index in [1.54, 1.807) is 25.4 Å². The zero-order valence-electron chi connectivity index (χ0n) is 16.3. The number of fused-ring (bicyclic) bond motifs is 1. The topological polar surface area (TPSA) is 103 Å². The van der Waals surface area contributed by atoms with E-state index in [0.717, 1.165) is 31.3 Å². The van der Waals surface area contributed by atoms with Crippen molar-refractivity contribution in [3.8, 4) is 23.0 Å². The zero-order chi connectivity index (χ0) is 21.4. The number of hydrogen-bond donors (Lipinski definition) is 1. The number of ether oxygens (including phenoxy) is 1. The molecular weight excluding hydrogens is 464 g/mol. The maximum atomic E-state index is 9.76. The molecule has 4 aromatic rings. The molecule has 0 aliphatic rings. The number of pyridine rings is 1. The number of hydrogen-bond acceptors (Lipinski definition) is 6. The molecule has 0 aliphatic carbocycles. The number of nitrogens with zero attached hydrogens (tertiary/aromatic N) is 5.